The molecule has 0 aliphatic heterocycles. The first kappa shape index (κ1) is 20.8. The van der Waals surface area contributed by atoms with Gasteiger partial charge < -0.3 is 10.1 Å². The van der Waals surface area contributed by atoms with E-state index < -0.39 is 11.5 Å². The molecule has 0 radical (unpaired) electrons. The Morgan fingerprint density at radius 1 is 1.23 bits per heavy atom. The fourth-order valence-corrected chi connectivity index (χ4v) is 2.98. The van der Waals surface area contributed by atoms with Gasteiger partial charge in [-0.1, -0.05) is 18.2 Å². The summed E-state index contributed by atoms with van der Waals surface area (Å²) in [5.41, 5.74) is 2.57. The van der Waals surface area contributed by atoms with Crippen molar-refractivity contribution in [2.45, 2.75) is 27.7 Å². The third-order valence-corrected chi connectivity index (χ3v) is 4.80. The summed E-state index contributed by atoms with van der Waals surface area (Å²) in [5, 5.41) is 12.0. The molecule has 1 N–H and O–H groups in total. The Morgan fingerprint density at radius 3 is 2.67 bits per heavy atom. The molecule has 0 fully saturated rings. The van der Waals surface area contributed by atoms with Crippen molar-refractivity contribution in [1.29, 1.82) is 5.26 Å². The van der Waals surface area contributed by atoms with Gasteiger partial charge in [0.25, 0.3) is 11.5 Å². The van der Waals surface area contributed by atoms with Crippen molar-refractivity contribution < 1.29 is 9.53 Å². The maximum Gasteiger partial charge on any atom is 0.269 e. The second-order valence-electron chi connectivity index (χ2n) is 6.85. The molecule has 30 heavy (non-hydrogen) atoms. The minimum atomic E-state index is -0.563. The number of carbonyl (C=O) groups is 1. The Bertz CT molecular complexity index is 1270. The van der Waals surface area contributed by atoms with Gasteiger partial charge in [-0.25, -0.2) is 0 Å². The van der Waals surface area contributed by atoms with Gasteiger partial charge >= 0.3 is 0 Å². The third kappa shape index (κ3) is 3.94. The summed E-state index contributed by atoms with van der Waals surface area (Å²) in [6.45, 7) is 7.82. The number of amides is 1. The van der Waals surface area contributed by atoms with Gasteiger partial charge in [0, 0.05) is 12.7 Å². The van der Waals surface area contributed by atoms with Crippen molar-refractivity contribution in [3.63, 3.8) is 0 Å². The van der Waals surface area contributed by atoms with Crippen LogP contribution in [-0.2, 0) is 4.79 Å². The first-order chi connectivity index (χ1) is 14.4. The number of nitrogens with zero attached hydrogens (tertiary/aromatic N) is 3. The monoisotopic (exact) mass is 402 g/mol. The number of ether oxygens (including phenoxy) is 1. The van der Waals surface area contributed by atoms with Crippen LogP contribution >= 0.6 is 0 Å². The highest BCUT2D eigenvalue weighted by atomic mass is 16.5. The van der Waals surface area contributed by atoms with Crippen molar-refractivity contribution in [3.05, 3.63) is 74.7 Å². The topological polar surface area (TPSA) is 96.5 Å². The molecule has 1 amide bonds. The van der Waals surface area contributed by atoms with Crippen molar-refractivity contribution in [2.24, 2.45) is 0 Å². The fraction of sp³-hybridized carbons (Fsp3) is 0.217. The molecule has 0 spiro atoms. The smallest absolute Gasteiger partial charge is 0.269 e. The molecule has 0 saturated carbocycles. The number of likely N-dealkylation sites (N-methyl/N-ethyl adjacent to an activating group) is 1. The lowest BCUT2D eigenvalue weighted by Gasteiger charge is -2.13. The first-order valence-electron chi connectivity index (χ1n) is 9.53. The van der Waals surface area contributed by atoms with E-state index in [9.17, 15) is 14.9 Å². The number of benzene rings is 1. The summed E-state index contributed by atoms with van der Waals surface area (Å²) in [5.74, 6) is 0.0254. The largest absolute Gasteiger partial charge is 0.438 e. The lowest BCUT2D eigenvalue weighted by atomic mass is 10.1. The van der Waals surface area contributed by atoms with E-state index in [0.29, 0.717) is 17.9 Å². The average molecular weight is 402 g/mol. The zero-order chi connectivity index (χ0) is 21.8. The average Bonchev–Trinajstić information content (AvgIpc) is 2.72. The van der Waals surface area contributed by atoms with Crippen LogP contribution in [0.5, 0.6) is 11.6 Å². The number of nitriles is 1. The number of rotatable bonds is 5. The lowest BCUT2D eigenvalue weighted by molar-refractivity contribution is -0.116. The number of nitrogens with one attached hydrogen (secondary N) is 1. The molecule has 0 bridgehead atoms. The highest BCUT2D eigenvalue weighted by molar-refractivity contribution is 6.01. The zero-order valence-corrected chi connectivity index (χ0v) is 17.3. The van der Waals surface area contributed by atoms with Crippen LogP contribution in [0, 0.1) is 32.1 Å². The van der Waals surface area contributed by atoms with E-state index in [1.54, 1.807) is 25.3 Å². The van der Waals surface area contributed by atoms with Crippen LogP contribution in [0.3, 0.4) is 0 Å². The highest BCUT2D eigenvalue weighted by Crippen LogP contribution is 2.28. The molecule has 0 atom stereocenters. The second kappa shape index (κ2) is 8.62. The summed E-state index contributed by atoms with van der Waals surface area (Å²) in [6, 6.07) is 11.0. The number of aromatic nitrogens is 2. The number of aryl methyl sites for hydroxylation is 2. The van der Waals surface area contributed by atoms with E-state index in [-0.39, 0.29) is 17.0 Å². The van der Waals surface area contributed by atoms with Crippen LogP contribution in [0.2, 0.25) is 0 Å². The van der Waals surface area contributed by atoms with E-state index in [1.807, 2.05) is 45.0 Å². The van der Waals surface area contributed by atoms with E-state index in [4.69, 9.17) is 4.74 Å². The van der Waals surface area contributed by atoms with Crippen molar-refractivity contribution in [3.8, 4) is 17.7 Å². The highest BCUT2D eigenvalue weighted by Gasteiger charge is 2.18. The Hall–Kier alpha value is -3.92. The van der Waals surface area contributed by atoms with Gasteiger partial charge in [-0.2, -0.15) is 10.2 Å². The number of fused-ring (bicyclic) bond motifs is 1. The molecule has 1 aromatic carbocycles. The van der Waals surface area contributed by atoms with E-state index >= 15 is 0 Å². The van der Waals surface area contributed by atoms with Crippen LogP contribution in [0.25, 0.3) is 11.7 Å². The molecule has 0 aliphatic rings. The maximum atomic E-state index is 13.2. The fourth-order valence-electron chi connectivity index (χ4n) is 2.98. The Kier molecular flexibility index (Phi) is 5.98. The first-order valence-corrected chi connectivity index (χ1v) is 9.53. The van der Waals surface area contributed by atoms with Crippen molar-refractivity contribution >= 4 is 17.6 Å². The zero-order valence-electron chi connectivity index (χ0n) is 17.3. The second-order valence-corrected chi connectivity index (χ2v) is 6.85. The molecule has 3 rings (SSSR count). The maximum absolute atomic E-state index is 13.2. The van der Waals surface area contributed by atoms with Gasteiger partial charge in [0.05, 0.1) is 0 Å². The van der Waals surface area contributed by atoms with Gasteiger partial charge in [-0.05, 0) is 62.6 Å². The molecule has 0 aliphatic carbocycles. The van der Waals surface area contributed by atoms with Crippen LogP contribution in [0.4, 0.5) is 0 Å². The minimum absolute atomic E-state index is 0.0295. The summed E-state index contributed by atoms with van der Waals surface area (Å²) in [6.07, 6.45) is 2.82. The molecular formula is C23H22N4O3. The molecular weight excluding hydrogens is 380 g/mol. The molecule has 2 heterocycles. The van der Waals surface area contributed by atoms with Crippen LogP contribution in [0.15, 0.2) is 46.9 Å². The van der Waals surface area contributed by atoms with Crippen LogP contribution in [-0.4, -0.2) is 21.8 Å². The predicted octanol–water partition coefficient (Wildman–Crippen LogP) is 3.46. The minimum Gasteiger partial charge on any atom is -0.438 e. The van der Waals surface area contributed by atoms with Crippen molar-refractivity contribution in [1.82, 2.24) is 14.7 Å². The SMILES string of the molecule is CCNC(=O)/C(C#N)=C/c1c(Oc2cccc(C)c2C)nc2c(C)cccn2c1=O. The normalized spacial score (nSPS) is 11.2. The number of hydrogen-bond donors (Lipinski definition) is 1. The summed E-state index contributed by atoms with van der Waals surface area (Å²) >= 11 is 0. The van der Waals surface area contributed by atoms with E-state index in [1.165, 1.54) is 10.5 Å². The van der Waals surface area contributed by atoms with Crippen molar-refractivity contribution in [2.75, 3.05) is 6.54 Å². The lowest BCUT2D eigenvalue weighted by Crippen LogP contribution is -2.25. The van der Waals surface area contributed by atoms with E-state index in [0.717, 1.165) is 16.7 Å². The Balaban J connectivity index is 2.29. The Morgan fingerprint density at radius 2 is 1.97 bits per heavy atom. The van der Waals surface area contributed by atoms with E-state index in [2.05, 4.69) is 10.3 Å². The molecule has 152 valence electrons. The van der Waals surface area contributed by atoms with Gasteiger partial charge in [0.2, 0.25) is 5.88 Å². The Labute approximate surface area is 174 Å². The third-order valence-electron chi connectivity index (χ3n) is 4.80. The summed E-state index contributed by atoms with van der Waals surface area (Å²) in [4.78, 5) is 30.0. The number of pyridine rings is 1. The summed E-state index contributed by atoms with van der Waals surface area (Å²) < 4.78 is 7.42. The molecule has 3 aromatic rings. The number of carbonyl (C=O) groups excluding carboxylic acids is 1. The molecule has 2 aromatic heterocycles. The van der Waals surface area contributed by atoms with Gasteiger partial charge in [0.1, 0.15) is 28.6 Å². The number of hydrogen-bond acceptors (Lipinski definition) is 5. The van der Waals surface area contributed by atoms with Crippen LogP contribution in [0.1, 0.15) is 29.2 Å². The summed E-state index contributed by atoms with van der Waals surface area (Å²) in [7, 11) is 0. The van der Waals surface area contributed by atoms with Gasteiger partial charge in [0.15, 0.2) is 0 Å². The quantitative estimate of drug-likeness (QED) is 0.521. The molecule has 0 saturated heterocycles. The molecule has 7 heteroatoms. The van der Waals surface area contributed by atoms with Gasteiger partial charge in [-0.3, -0.25) is 14.0 Å². The molecule has 0 unspecified atom stereocenters. The van der Waals surface area contributed by atoms with Crippen LogP contribution < -0.4 is 15.6 Å². The molecule has 7 nitrogen and oxygen atoms in total. The predicted molar refractivity (Wildman–Crippen MR) is 114 cm³/mol. The standard InChI is InChI=1S/C23H22N4O3/c1-5-25-21(28)17(13-24)12-18-22(30-19-10-6-8-14(2)16(19)4)26-20-15(3)9-7-11-27(20)23(18)29/h6-12H,5H2,1-4H3,(H,25,28)/b17-12+. The van der Waals surface area contributed by atoms with Gasteiger partial charge in [-0.15, -0.1) is 0 Å².